The molecule has 0 unspecified atom stereocenters. The summed E-state index contributed by atoms with van der Waals surface area (Å²) < 4.78 is 6.12. The first-order valence-corrected chi connectivity index (χ1v) is 11.2. The molecule has 0 N–H and O–H groups in total. The molecule has 164 valence electrons. The third-order valence-electron chi connectivity index (χ3n) is 5.77. The van der Waals surface area contributed by atoms with Crippen molar-refractivity contribution in [1.29, 1.82) is 0 Å². The topological polar surface area (TPSA) is 26.3 Å². The summed E-state index contributed by atoms with van der Waals surface area (Å²) in [5, 5.41) is 0. The van der Waals surface area contributed by atoms with Crippen molar-refractivity contribution in [2.24, 2.45) is 0 Å². The van der Waals surface area contributed by atoms with Gasteiger partial charge in [-0.1, -0.05) is 96.6 Å². The Bertz CT molecular complexity index is 1190. The number of benzene rings is 4. The molecule has 0 aromatic heterocycles. The number of hydrogen-bond acceptors (Lipinski definition) is 2. The van der Waals surface area contributed by atoms with Crippen molar-refractivity contribution in [2.45, 2.75) is 26.7 Å². The minimum atomic E-state index is -0.360. The number of esters is 1. The number of carbonyl (C=O) groups is 1. The Morgan fingerprint density at radius 3 is 1.64 bits per heavy atom. The molecule has 2 heteroatoms. The Balaban J connectivity index is 1.88. The maximum atomic E-state index is 13.1. The van der Waals surface area contributed by atoms with Gasteiger partial charge in [-0.25, -0.2) is 4.79 Å². The van der Waals surface area contributed by atoms with Crippen LogP contribution in [-0.4, -0.2) is 5.97 Å². The number of rotatable bonds is 6. The number of hydrogen-bond donors (Lipinski definition) is 0. The molecule has 2 nitrogen and oxygen atoms in total. The Hall–Kier alpha value is -3.91. The molecule has 4 aromatic carbocycles. The molecule has 0 amide bonds. The van der Waals surface area contributed by atoms with E-state index in [-0.39, 0.29) is 11.9 Å². The van der Waals surface area contributed by atoms with Crippen LogP contribution in [0.25, 0.3) is 5.76 Å². The zero-order valence-electron chi connectivity index (χ0n) is 19.3. The molecule has 0 aliphatic rings. The maximum Gasteiger partial charge on any atom is 0.343 e. The summed E-state index contributed by atoms with van der Waals surface area (Å²) in [4.78, 5) is 13.1. The first kappa shape index (κ1) is 22.3. The van der Waals surface area contributed by atoms with Crippen LogP contribution in [0.3, 0.4) is 0 Å². The zero-order chi connectivity index (χ0) is 23.2. The summed E-state index contributed by atoms with van der Waals surface area (Å²) in [7, 11) is 0. The standard InChI is InChI=1S/C31H28O2/c1-22-19-23(2)30(24(3)20-22)29(33-31(32)27-17-11-6-12-18-27)21-28(25-13-7-4-8-14-25)26-15-9-5-10-16-26/h4-21,28H,1-3H3/b29-21-. The van der Waals surface area contributed by atoms with E-state index in [1.54, 1.807) is 12.1 Å². The van der Waals surface area contributed by atoms with Crippen LogP contribution in [0.2, 0.25) is 0 Å². The highest BCUT2D eigenvalue weighted by molar-refractivity contribution is 5.93. The fraction of sp³-hybridized carbons (Fsp3) is 0.129. The third kappa shape index (κ3) is 5.30. The van der Waals surface area contributed by atoms with Gasteiger partial charge in [0, 0.05) is 11.5 Å². The lowest BCUT2D eigenvalue weighted by molar-refractivity contribution is 0.0691. The highest BCUT2D eigenvalue weighted by Crippen LogP contribution is 2.33. The van der Waals surface area contributed by atoms with E-state index >= 15 is 0 Å². The molecular formula is C31H28O2. The van der Waals surface area contributed by atoms with Gasteiger partial charge < -0.3 is 4.74 Å². The lowest BCUT2D eigenvalue weighted by atomic mass is 9.88. The first-order valence-electron chi connectivity index (χ1n) is 11.2. The van der Waals surface area contributed by atoms with Gasteiger partial charge in [0.25, 0.3) is 0 Å². The molecule has 0 aliphatic carbocycles. The van der Waals surface area contributed by atoms with Gasteiger partial charge in [0.05, 0.1) is 5.56 Å². The summed E-state index contributed by atoms with van der Waals surface area (Å²) in [5.74, 6) is 0.156. The third-order valence-corrected chi connectivity index (χ3v) is 5.77. The predicted molar refractivity (Wildman–Crippen MR) is 135 cm³/mol. The van der Waals surface area contributed by atoms with E-state index in [1.807, 2.05) is 54.6 Å². The molecule has 4 aromatic rings. The van der Waals surface area contributed by atoms with Crippen molar-refractivity contribution in [2.75, 3.05) is 0 Å². The fourth-order valence-electron chi connectivity index (χ4n) is 4.33. The SMILES string of the molecule is Cc1cc(C)c(/C(=C/C(c2ccccc2)c2ccccc2)OC(=O)c2ccccc2)c(C)c1. The highest BCUT2D eigenvalue weighted by Gasteiger charge is 2.20. The van der Waals surface area contributed by atoms with Crippen LogP contribution < -0.4 is 0 Å². The van der Waals surface area contributed by atoms with Crippen LogP contribution in [-0.2, 0) is 4.74 Å². The van der Waals surface area contributed by atoms with Crippen molar-refractivity contribution in [3.05, 3.63) is 148 Å². The van der Waals surface area contributed by atoms with Crippen molar-refractivity contribution in [3.8, 4) is 0 Å². The second kappa shape index (κ2) is 10.1. The van der Waals surface area contributed by atoms with Gasteiger partial charge in [0.15, 0.2) is 0 Å². The molecule has 0 bridgehead atoms. The minimum Gasteiger partial charge on any atom is -0.423 e. The normalized spacial score (nSPS) is 11.5. The molecule has 0 radical (unpaired) electrons. The highest BCUT2D eigenvalue weighted by atomic mass is 16.5. The molecule has 0 saturated heterocycles. The van der Waals surface area contributed by atoms with Crippen molar-refractivity contribution in [1.82, 2.24) is 0 Å². The molecule has 0 fully saturated rings. The lowest BCUT2D eigenvalue weighted by Crippen LogP contribution is -2.09. The van der Waals surface area contributed by atoms with Gasteiger partial charge in [-0.05, 0) is 61.2 Å². The second-order valence-corrected chi connectivity index (χ2v) is 8.36. The van der Waals surface area contributed by atoms with Gasteiger partial charge in [-0.2, -0.15) is 0 Å². The smallest absolute Gasteiger partial charge is 0.343 e. The monoisotopic (exact) mass is 432 g/mol. The molecule has 0 aliphatic heterocycles. The molecule has 0 saturated carbocycles. The van der Waals surface area contributed by atoms with Gasteiger partial charge in [-0.15, -0.1) is 0 Å². The van der Waals surface area contributed by atoms with Crippen LogP contribution in [0.1, 0.15) is 49.7 Å². The largest absolute Gasteiger partial charge is 0.423 e. The number of ether oxygens (including phenoxy) is 1. The van der Waals surface area contributed by atoms with E-state index in [4.69, 9.17) is 4.74 Å². The molecular weight excluding hydrogens is 404 g/mol. The van der Waals surface area contributed by atoms with Crippen molar-refractivity contribution < 1.29 is 9.53 Å². The summed E-state index contributed by atoms with van der Waals surface area (Å²) >= 11 is 0. The second-order valence-electron chi connectivity index (χ2n) is 8.36. The lowest BCUT2D eigenvalue weighted by Gasteiger charge is -2.20. The van der Waals surface area contributed by atoms with E-state index in [9.17, 15) is 4.79 Å². The zero-order valence-corrected chi connectivity index (χ0v) is 19.3. The van der Waals surface area contributed by atoms with Crippen LogP contribution in [0.4, 0.5) is 0 Å². The van der Waals surface area contributed by atoms with Gasteiger partial charge in [0.1, 0.15) is 5.76 Å². The predicted octanol–water partition coefficient (Wildman–Crippen LogP) is 7.64. The van der Waals surface area contributed by atoms with E-state index in [0.29, 0.717) is 11.3 Å². The summed E-state index contributed by atoms with van der Waals surface area (Å²) in [6.45, 7) is 6.22. The van der Waals surface area contributed by atoms with Gasteiger partial charge in [0.2, 0.25) is 0 Å². The van der Waals surface area contributed by atoms with Gasteiger partial charge >= 0.3 is 5.97 Å². The fourth-order valence-corrected chi connectivity index (χ4v) is 4.33. The molecule has 0 atom stereocenters. The summed E-state index contributed by atoms with van der Waals surface area (Å²) in [6.07, 6.45) is 2.08. The van der Waals surface area contributed by atoms with E-state index in [0.717, 1.165) is 27.8 Å². The molecule has 33 heavy (non-hydrogen) atoms. The Labute approximate surface area is 196 Å². The average molecular weight is 433 g/mol. The number of carbonyl (C=O) groups excluding carboxylic acids is 1. The number of allylic oxidation sites excluding steroid dienone is 1. The Morgan fingerprint density at radius 2 is 1.15 bits per heavy atom. The van der Waals surface area contributed by atoms with Crippen molar-refractivity contribution >= 4 is 11.7 Å². The minimum absolute atomic E-state index is 0.0638. The maximum absolute atomic E-state index is 13.1. The molecule has 0 heterocycles. The van der Waals surface area contributed by atoms with Crippen LogP contribution >= 0.6 is 0 Å². The average Bonchev–Trinajstić information content (AvgIpc) is 2.83. The Morgan fingerprint density at radius 1 is 0.697 bits per heavy atom. The van der Waals surface area contributed by atoms with Gasteiger partial charge in [-0.3, -0.25) is 0 Å². The van der Waals surface area contributed by atoms with E-state index in [2.05, 4.69) is 63.2 Å². The Kier molecular flexibility index (Phi) is 6.85. The van der Waals surface area contributed by atoms with E-state index in [1.165, 1.54) is 5.56 Å². The first-order chi connectivity index (χ1) is 16.0. The van der Waals surface area contributed by atoms with Crippen molar-refractivity contribution in [3.63, 3.8) is 0 Å². The van der Waals surface area contributed by atoms with Crippen LogP contribution in [0.15, 0.2) is 109 Å². The van der Waals surface area contributed by atoms with Crippen LogP contribution in [0, 0.1) is 20.8 Å². The molecule has 4 rings (SSSR count). The quantitative estimate of drug-likeness (QED) is 0.231. The van der Waals surface area contributed by atoms with Crippen LogP contribution in [0.5, 0.6) is 0 Å². The summed E-state index contributed by atoms with van der Waals surface area (Å²) in [5.41, 5.74) is 7.12. The van der Waals surface area contributed by atoms with E-state index < -0.39 is 0 Å². The number of aryl methyl sites for hydroxylation is 3. The summed E-state index contributed by atoms with van der Waals surface area (Å²) in [6, 6.07) is 34.0. The molecule has 0 spiro atoms.